The number of amides is 3. The molecular formula is C38H52N4O4. The van der Waals surface area contributed by atoms with Crippen LogP contribution >= 0.6 is 0 Å². The third kappa shape index (κ3) is 9.99. The number of carbonyl (C=O) groups excluding carboxylic acids is 3. The molecule has 0 aliphatic carbocycles. The van der Waals surface area contributed by atoms with E-state index in [2.05, 4.69) is 5.32 Å². The summed E-state index contributed by atoms with van der Waals surface area (Å²) in [5, 5.41) is 14.8. The largest absolute Gasteiger partial charge is 0.396 e. The number of carbonyl (C=O) groups is 3. The van der Waals surface area contributed by atoms with Crippen LogP contribution in [-0.2, 0) is 27.2 Å². The zero-order valence-electron chi connectivity index (χ0n) is 28.3. The summed E-state index contributed by atoms with van der Waals surface area (Å²) in [6.07, 6.45) is 5.97. The summed E-state index contributed by atoms with van der Waals surface area (Å²) in [4.78, 5) is 44.6. The highest BCUT2D eigenvalue weighted by molar-refractivity contribution is 5.95. The maximum Gasteiger partial charge on any atom is 0.246 e. The third-order valence-corrected chi connectivity index (χ3v) is 9.10. The van der Waals surface area contributed by atoms with Crippen molar-refractivity contribution in [1.29, 1.82) is 0 Å². The highest BCUT2D eigenvalue weighted by atomic mass is 16.3. The van der Waals surface area contributed by atoms with Gasteiger partial charge in [0.2, 0.25) is 17.7 Å². The molecule has 3 aromatic rings. The lowest BCUT2D eigenvalue weighted by atomic mass is 9.90. The number of likely N-dealkylation sites (N-methyl/N-ethyl adjacent to an activating group) is 2. The topological polar surface area (TPSA) is 116 Å². The number of nitrogens with zero attached hydrogens (tertiary/aromatic N) is 2. The lowest BCUT2D eigenvalue weighted by Crippen LogP contribution is -2.56. The molecule has 0 aliphatic rings. The molecule has 0 bridgehead atoms. The zero-order chi connectivity index (χ0) is 33.9. The van der Waals surface area contributed by atoms with Crippen molar-refractivity contribution in [3.05, 3.63) is 96.1 Å². The maximum absolute atomic E-state index is 14.4. The van der Waals surface area contributed by atoms with Crippen LogP contribution in [0.5, 0.6) is 0 Å². The van der Waals surface area contributed by atoms with Crippen molar-refractivity contribution >= 4 is 28.5 Å². The molecule has 0 saturated heterocycles. The molecule has 4 N–H and O–H groups in total. The summed E-state index contributed by atoms with van der Waals surface area (Å²) in [6, 6.07) is 21.9. The van der Waals surface area contributed by atoms with Crippen LogP contribution in [0.15, 0.2) is 84.9 Å². The average Bonchev–Trinajstić information content (AvgIpc) is 3.07. The van der Waals surface area contributed by atoms with Crippen LogP contribution in [0.4, 0.5) is 0 Å². The molecule has 0 spiro atoms. The number of nitrogens with one attached hydrogen (secondary N) is 1. The fraction of sp³-hybridized carbons (Fsp3) is 0.447. The fourth-order valence-corrected chi connectivity index (χ4v) is 5.31. The van der Waals surface area contributed by atoms with Gasteiger partial charge in [-0.2, -0.15) is 0 Å². The van der Waals surface area contributed by atoms with Crippen molar-refractivity contribution < 1.29 is 19.5 Å². The average molecular weight is 629 g/mol. The number of hydrogen-bond acceptors (Lipinski definition) is 5. The molecular weight excluding hydrogens is 576 g/mol. The monoisotopic (exact) mass is 628 g/mol. The first-order valence-corrected chi connectivity index (χ1v) is 16.2. The predicted molar refractivity (Wildman–Crippen MR) is 186 cm³/mol. The summed E-state index contributed by atoms with van der Waals surface area (Å²) in [6.45, 7) is 7.94. The number of fused-ring (bicyclic) bond motifs is 1. The first-order valence-electron chi connectivity index (χ1n) is 16.2. The van der Waals surface area contributed by atoms with Crippen molar-refractivity contribution in [2.24, 2.45) is 11.1 Å². The number of benzene rings is 3. The maximum atomic E-state index is 14.4. The summed E-state index contributed by atoms with van der Waals surface area (Å²) < 4.78 is 0. The van der Waals surface area contributed by atoms with Crippen LogP contribution in [0, 0.1) is 5.41 Å². The minimum Gasteiger partial charge on any atom is -0.396 e. The van der Waals surface area contributed by atoms with Crippen molar-refractivity contribution in [3.8, 4) is 0 Å². The summed E-state index contributed by atoms with van der Waals surface area (Å²) in [5.74, 6) is -0.973. The molecule has 0 heterocycles. The van der Waals surface area contributed by atoms with Gasteiger partial charge in [-0.25, -0.2) is 0 Å². The molecule has 0 radical (unpaired) electrons. The van der Waals surface area contributed by atoms with Gasteiger partial charge in [-0.3, -0.25) is 14.4 Å². The van der Waals surface area contributed by atoms with E-state index in [0.29, 0.717) is 12.8 Å². The van der Waals surface area contributed by atoms with E-state index < -0.39 is 23.0 Å². The Morgan fingerprint density at radius 2 is 1.46 bits per heavy atom. The van der Waals surface area contributed by atoms with Crippen LogP contribution in [-0.4, -0.2) is 77.5 Å². The van der Waals surface area contributed by atoms with Crippen LogP contribution in [0.3, 0.4) is 0 Å². The lowest BCUT2D eigenvalue weighted by molar-refractivity contribution is -0.146. The molecule has 3 aromatic carbocycles. The summed E-state index contributed by atoms with van der Waals surface area (Å²) in [5.41, 5.74) is 7.34. The van der Waals surface area contributed by atoms with Crippen molar-refractivity contribution in [2.45, 2.75) is 77.4 Å². The fourth-order valence-electron chi connectivity index (χ4n) is 5.31. The molecule has 8 heteroatoms. The van der Waals surface area contributed by atoms with Gasteiger partial charge in [0.15, 0.2) is 0 Å². The van der Waals surface area contributed by atoms with Crippen LogP contribution in [0.25, 0.3) is 10.8 Å². The number of aliphatic hydroxyl groups is 1. The Morgan fingerprint density at radius 3 is 2.09 bits per heavy atom. The number of aliphatic hydroxyl groups excluding tert-OH is 1. The van der Waals surface area contributed by atoms with E-state index in [1.165, 1.54) is 15.9 Å². The highest BCUT2D eigenvalue weighted by Gasteiger charge is 2.35. The van der Waals surface area contributed by atoms with Gasteiger partial charge in [0, 0.05) is 51.0 Å². The zero-order valence-corrected chi connectivity index (χ0v) is 28.3. The number of hydrogen-bond donors (Lipinski definition) is 3. The molecule has 0 unspecified atom stereocenters. The van der Waals surface area contributed by atoms with Crippen LogP contribution in [0.1, 0.15) is 58.1 Å². The predicted octanol–water partition coefficient (Wildman–Crippen LogP) is 4.88. The van der Waals surface area contributed by atoms with E-state index in [0.717, 1.165) is 34.7 Å². The van der Waals surface area contributed by atoms with Crippen LogP contribution < -0.4 is 11.1 Å². The minimum absolute atomic E-state index is 0.0958. The molecule has 3 amide bonds. The SMILES string of the molecule is CCC(N)(CC)C/C=C/C(=O)N(C)[C@H](Cc1ccc2ccccc2c1)C(=O)N(C)[C@H](Cc1ccccc1)C(=O)NCC(C)(C)CO. The van der Waals surface area contributed by atoms with E-state index in [-0.39, 0.29) is 37.3 Å². The van der Waals surface area contributed by atoms with Crippen molar-refractivity contribution in [2.75, 3.05) is 27.2 Å². The Balaban J connectivity index is 1.96. The van der Waals surface area contributed by atoms with E-state index in [4.69, 9.17) is 5.73 Å². The molecule has 3 rings (SSSR count). The van der Waals surface area contributed by atoms with E-state index in [9.17, 15) is 19.5 Å². The highest BCUT2D eigenvalue weighted by Crippen LogP contribution is 2.21. The standard InChI is InChI=1S/C38H52N4O4/c1-7-38(39,8-2)22-14-19-34(44)41(5)33(25-29-20-21-30-17-12-13-18-31(30)23-29)36(46)42(6)32(24-28-15-10-9-11-16-28)35(45)40-26-37(3,4)27-43/h9-21,23,32-33,43H,7-8,22,24-27,39H2,1-6H3,(H,40,45)/b19-14+/t32-,33-/m1/s1. The van der Waals surface area contributed by atoms with E-state index >= 15 is 0 Å². The number of nitrogens with two attached hydrogens (primary N) is 1. The Labute approximate surface area is 274 Å². The van der Waals surface area contributed by atoms with Gasteiger partial charge in [0.1, 0.15) is 12.1 Å². The molecule has 0 fully saturated rings. The van der Waals surface area contributed by atoms with Gasteiger partial charge >= 0.3 is 0 Å². The van der Waals surface area contributed by atoms with Crippen LogP contribution in [0.2, 0.25) is 0 Å². The van der Waals surface area contributed by atoms with Gasteiger partial charge in [-0.15, -0.1) is 0 Å². The Kier molecular flexibility index (Phi) is 13.1. The van der Waals surface area contributed by atoms with Gasteiger partial charge in [-0.1, -0.05) is 107 Å². The number of rotatable bonds is 16. The summed E-state index contributed by atoms with van der Waals surface area (Å²) in [7, 11) is 3.26. The normalized spacial score (nSPS) is 13.4. The van der Waals surface area contributed by atoms with Crippen molar-refractivity contribution in [1.82, 2.24) is 15.1 Å². The second kappa shape index (κ2) is 16.5. The quantitative estimate of drug-likeness (QED) is 0.196. The smallest absolute Gasteiger partial charge is 0.246 e. The van der Waals surface area contributed by atoms with E-state index in [1.54, 1.807) is 20.2 Å². The molecule has 2 atom stereocenters. The van der Waals surface area contributed by atoms with Gasteiger partial charge < -0.3 is 26.0 Å². The second-order valence-corrected chi connectivity index (χ2v) is 13.2. The molecule has 0 saturated carbocycles. The first-order chi connectivity index (χ1) is 21.8. The Hall–Kier alpha value is -4.01. The summed E-state index contributed by atoms with van der Waals surface area (Å²) >= 11 is 0. The van der Waals surface area contributed by atoms with E-state index in [1.807, 2.05) is 100 Å². The third-order valence-electron chi connectivity index (χ3n) is 9.10. The molecule has 0 aromatic heterocycles. The van der Waals surface area contributed by atoms with Gasteiger partial charge in [0.25, 0.3) is 0 Å². The van der Waals surface area contributed by atoms with Gasteiger partial charge in [-0.05, 0) is 47.2 Å². The van der Waals surface area contributed by atoms with Crippen molar-refractivity contribution in [3.63, 3.8) is 0 Å². The van der Waals surface area contributed by atoms with Gasteiger partial charge in [0.05, 0.1) is 0 Å². The second-order valence-electron chi connectivity index (χ2n) is 13.2. The minimum atomic E-state index is -0.872. The Morgan fingerprint density at radius 1 is 0.848 bits per heavy atom. The molecule has 46 heavy (non-hydrogen) atoms. The molecule has 0 aliphatic heterocycles. The first kappa shape index (κ1) is 36.5. The Bertz CT molecular complexity index is 1480. The lowest BCUT2D eigenvalue weighted by Gasteiger charge is -2.35. The molecule has 248 valence electrons. The molecule has 8 nitrogen and oxygen atoms in total.